The Balaban J connectivity index is 1.50. The summed E-state index contributed by atoms with van der Waals surface area (Å²) in [4.78, 5) is 18.9. The molecule has 0 aliphatic carbocycles. The van der Waals surface area contributed by atoms with Gasteiger partial charge < -0.3 is 15.0 Å². The number of hydrogen-bond donors (Lipinski definition) is 1. The molecule has 0 bridgehead atoms. The smallest absolute Gasteiger partial charge is 0.393 e. The summed E-state index contributed by atoms with van der Waals surface area (Å²) in [5, 5.41) is 7.01. The fourth-order valence-electron chi connectivity index (χ4n) is 4.42. The van der Waals surface area contributed by atoms with Gasteiger partial charge in [0, 0.05) is 43.5 Å². The number of fused-ring (bicyclic) bond motifs is 2. The van der Waals surface area contributed by atoms with Crippen LogP contribution in [0, 0.1) is 5.92 Å². The molecule has 7 nitrogen and oxygen atoms in total. The second kappa shape index (κ2) is 7.11. The Morgan fingerprint density at radius 2 is 2.12 bits per heavy atom. The van der Waals surface area contributed by atoms with E-state index in [0.717, 1.165) is 5.56 Å². The average Bonchev–Trinajstić information content (AvgIpc) is 3.42. The summed E-state index contributed by atoms with van der Waals surface area (Å²) in [5.74, 6) is -1.19. The number of nitrogens with one attached hydrogen (secondary N) is 1. The molecule has 1 unspecified atom stereocenters. The predicted molar refractivity (Wildman–Crippen MR) is 112 cm³/mol. The van der Waals surface area contributed by atoms with Crippen LogP contribution in [0.4, 0.5) is 24.5 Å². The van der Waals surface area contributed by atoms with Gasteiger partial charge in [0.05, 0.1) is 23.5 Å². The highest BCUT2D eigenvalue weighted by Gasteiger charge is 2.44. The summed E-state index contributed by atoms with van der Waals surface area (Å²) in [6, 6.07) is 5.25. The van der Waals surface area contributed by atoms with Crippen molar-refractivity contribution in [3.05, 3.63) is 47.9 Å². The molecule has 168 valence electrons. The summed E-state index contributed by atoms with van der Waals surface area (Å²) >= 11 is 0. The quantitative estimate of drug-likeness (QED) is 0.658. The maximum absolute atomic E-state index is 13.3. The Labute approximate surface area is 182 Å². The Kier molecular flexibility index (Phi) is 4.58. The number of alkyl halides is 3. The van der Waals surface area contributed by atoms with Gasteiger partial charge in [-0.1, -0.05) is 0 Å². The lowest BCUT2D eigenvalue weighted by Crippen LogP contribution is -2.28. The highest BCUT2D eigenvalue weighted by Crippen LogP contribution is 2.44. The molecule has 10 heteroatoms. The molecule has 1 saturated heterocycles. The Morgan fingerprint density at radius 1 is 1.31 bits per heavy atom. The molecule has 1 aromatic carbocycles. The highest BCUT2D eigenvalue weighted by molar-refractivity contribution is 6.09. The van der Waals surface area contributed by atoms with Gasteiger partial charge in [-0.3, -0.25) is 4.79 Å². The molecule has 0 radical (unpaired) electrons. The minimum Gasteiger partial charge on any atom is -0.487 e. The summed E-state index contributed by atoms with van der Waals surface area (Å²) in [6.45, 7) is 3.98. The van der Waals surface area contributed by atoms with Gasteiger partial charge in [0.1, 0.15) is 16.9 Å². The Bertz CT molecular complexity index is 1200. The zero-order valence-electron chi connectivity index (χ0n) is 17.6. The monoisotopic (exact) mass is 445 g/mol. The zero-order chi connectivity index (χ0) is 22.7. The number of carbonyl (C=O) groups is 1. The van der Waals surface area contributed by atoms with Gasteiger partial charge in [0.25, 0.3) is 5.91 Å². The number of carbonyl (C=O) groups excluding carboxylic acids is 1. The lowest BCUT2D eigenvalue weighted by molar-refractivity contribution is -0.168. The molecule has 2 aliphatic heterocycles. The lowest BCUT2D eigenvalue weighted by Gasteiger charge is -2.24. The number of amides is 1. The largest absolute Gasteiger partial charge is 0.487 e. The van der Waals surface area contributed by atoms with Crippen molar-refractivity contribution in [2.45, 2.75) is 38.5 Å². The number of nitrogens with zero attached hydrogens (tertiary/aromatic N) is 4. The SMILES string of the molecule is CC1(C)Cc2cc(NC(=O)c3cnn4cccnc34)c(N3CCC(C(F)(F)F)C3)cc2O1. The van der Waals surface area contributed by atoms with Gasteiger partial charge in [0.2, 0.25) is 0 Å². The molecule has 0 spiro atoms. The maximum atomic E-state index is 13.3. The van der Waals surface area contributed by atoms with Crippen molar-refractivity contribution in [1.82, 2.24) is 14.6 Å². The van der Waals surface area contributed by atoms with E-state index in [2.05, 4.69) is 15.4 Å². The van der Waals surface area contributed by atoms with Crippen LogP contribution in [0.2, 0.25) is 0 Å². The molecule has 4 heterocycles. The van der Waals surface area contributed by atoms with Crippen LogP contribution < -0.4 is 15.0 Å². The number of ether oxygens (including phenoxy) is 1. The minimum atomic E-state index is -4.25. The van der Waals surface area contributed by atoms with Crippen LogP contribution in [0.15, 0.2) is 36.8 Å². The topological polar surface area (TPSA) is 71.8 Å². The van der Waals surface area contributed by atoms with Crippen molar-refractivity contribution in [2.75, 3.05) is 23.3 Å². The Hall–Kier alpha value is -3.30. The number of halogens is 3. The Morgan fingerprint density at radius 3 is 2.88 bits per heavy atom. The molecule has 2 aromatic heterocycles. The van der Waals surface area contributed by atoms with E-state index in [1.807, 2.05) is 13.8 Å². The average molecular weight is 445 g/mol. The van der Waals surface area contributed by atoms with E-state index in [4.69, 9.17) is 4.74 Å². The third-order valence-corrected chi connectivity index (χ3v) is 5.95. The predicted octanol–water partition coefficient (Wildman–Crippen LogP) is 4.08. The first-order valence-electron chi connectivity index (χ1n) is 10.4. The third kappa shape index (κ3) is 3.63. The molecule has 2 aliphatic rings. The van der Waals surface area contributed by atoms with Crippen molar-refractivity contribution < 1.29 is 22.7 Å². The van der Waals surface area contributed by atoms with Crippen molar-refractivity contribution in [1.29, 1.82) is 0 Å². The highest BCUT2D eigenvalue weighted by atomic mass is 19.4. The summed E-state index contributed by atoms with van der Waals surface area (Å²) in [6.07, 6.45) is 1.06. The van der Waals surface area contributed by atoms with E-state index < -0.39 is 23.6 Å². The minimum absolute atomic E-state index is 0.0122. The van der Waals surface area contributed by atoms with Crippen molar-refractivity contribution in [3.8, 4) is 5.75 Å². The second-order valence-corrected chi connectivity index (χ2v) is 8.89. The van der Waals surface area contributed by atoms with E-state index in [0.29, 0.717) is 29.2 Å². The summed E-state index contributed by atoms with van der Waals surface area (Å²) in [7, 11) is 0. The van der Waals surface area contributed by atoms with Gasteiger partial charge in [-0.15, -0.1) is 0 Å². The van der Waals surface area contributed by atoms with Crippen LogP contribution in [0.1, 0.15) is 36.2 Å². The van der Waals surface area contributed by atoms with Crippen LogP contribution in [-0.2, 0) is 6.42 Å². The van der Waals surface area contributed by atoms with Gasteiger partial charge in [-0.25, -0.2) is 9.50 Å². The number of anilines is 2. The summed E-state index contributed by atoms with van der Waals surface area (Å²) < 4.78 is 47.3. The molecule has 1 atom stereocenters. The number of hydrogen-bond acceptors (Lipinski definition) is 5. The first-order valence-corrected chi connectivity index (χ1v) is 10.4. The van der Waals surface area contributed by atoms with Crippen LogP contribution in [-0.4, -0.2) is 45.4 Å². The number of rotatable bonds is 3. The molecule has 5 rings (SSSR count). The van der Waals surface area contributed by atoms with E-state index in [1.165, 1.54) is 10.7 Å². The van der Waals surface area contributed by atoms with E-state index >= 15 is 0 Å². The van der Waals surface area contributed by atoms with Gasteiger partial charge in [-0.05, 0) is 32.4 Å². The van der Waals surface area contributed by atoms with Crippen molar-refractivity contribution in [2.24, 2.45) is 5.92 Å². The van der Waals surface area contributed by atoms with Gasteiger partial charge >= 0.3 is 6.18 Å². The van der Waals surface area contributed by atoms with Crippen molar-refractivity contribution in [3.63, 3.8) is 0 Å². The van der Waals surface area contributed by atoms with Crippen LogP contribution in [0.5, 0.6) is 5.75 Å². The first kappa shape index (κ1) is 20.6. The second-order valence-electron chi connectivity index (χ2n) is 8.89. The third-order valence-electron chi connectivity index (χ3n) is 5.95. The summed E-state index contributed by atoms with van der Waals surface area (Å²) in [5.41, 5.74) is 2.13. The van der Waals surface area contributed by atoms with Crippen LogP contribution in [0.3, 0.4) is 0 Å². The van der Waals surface area contributed by atoms with E-state index in [9.17, 15) is 18.0 Å². The molecule has 1 N–H and O–H groups in total. The molecular formula is C22H22F3N5O2. The zero-order valence-corrected chi connectivity index (χ0v) is 17.6. The molecule has 1 fully saturated rings. The molecule has 32 heavy (non-hydrogen) atoms. The fraction of sp³-hybridized carbons (Fsp3) is 0.409. The lowest BCUT2D eigenvalue weighted by atomic mass is 10.0. The fourth-order valence-corrected chi connectivity index (χ4v) is 4.42. The van der Waals surface area contributed by atoms with Crippen LogP contribution >= 0.6 is 0 Å². The van der Waals surface area contributed by atoms with E-state index in [1.54, 1.807) is 35.5 Å². The van der Waals surface area contributed by atoms with Gasteiger partial charge in [0.15, 0.2) is 5.65 Å². The van der Waals surface area contributed by atoms with Gasteiger partial charge in [-0.2, -0.15) is 18.3 Å². The number of aromatic nitrogens is 3. The molecule has 0 saturated carbocycles. The number of benzene rings is 1. The molecule has 3 aromatic rings. The maximum Gasteiger partial charge on any atom is 0.393 e. The van der Waals surface area contributed by atoms with Crippen LogP contribution in [0.25, 0.3) is 5.65 Å². The van der Waals surface area contributed by atoms with E-state index in [-0.39, 0.29) is 25.1 Å². The molecular weight excluding hydrogens is 423 g/mol. The van der Waals surface area contributed by atoms with Crippen molar-refractivity contribution >= 4 is 22.9 Å². The normalized spacial score (nSPS) is 19.8. The first-order chi connectivity index (χ1) is 15.1. The standard InChI is InChI=1S/C22H22F3N5O2/c1-21(2)10-13-8-16(28-20(31)15-11-27-30-6-3-5-26-19(15)30)17(9-18(13)32-21)29-7-4-14(12-29)22(23,24)25/h3,5-6,8-9,11,14H,4,7,10,12H2,1-2H3,(H,28,31). The molecule has 1 amide bonds.